The Bertz CT molecular complexity index is 732. The van der Waals surface area contributed by atoms with Crippen molar-refractivity contribution < 1.29 is 9.26 Å². The first-order valence-electron chi connectivity index (χ1n) is 10.4. The Labute approximate surface area is 167 Å². The lowest BCUT2D eigenvalue weighted by Crippen LogP contribution is -2.53. The fourth-order valence-corrected chi connectivity index (χ4v) is 4.26. The number of ether oxygens (including phenoxy) is 1. The molecule has 2 saturated heterocycles. The van der Waals surface area contributed by atoms with Crippen molar-refractivity contribution in [3.05, 3.63) is 30.2 Å². The maximum absolute atomic E-state index is 5.50. The molecule has 7 heteroatoms. The number of piperidine rings is 1. The van der Waals surface area contributed by atoms with Crippen LogP contribution < -0.4 is 4.74 Å². The zero-order valence-electron chi connectivity index (χ0n) is 17.0. The van der Waals surface area contributed by atoms with Gasteiger partial charge in [-0.3, -0.25) is 9.80 Å². The monoisotopic (exact) mass is 385 g/mol. The molecule has 152 valence electrons. The fraction of sp³-hybridized carbons (Fsp3) is 0.619. The largest absolute Gasteiger partial charge is 0.497 e. The number of nitrogens with zero attached hydrogens (tertiary/aromatic N) is 5. The van der Waals surface area contributed by atoms with Crippen LogP contribution in [0.4, 0.5) is 0 Å². The lowest BCUT2D eigenvalue weighted by molar-refractivity contribution is 0.0567. The third-order valence-electron chi connectivity index (χ3n) is 6.10. The first-order chi connectivity index (χ1) is 13.7. The van der Waals surface area contributed by atoms with Gasteiger partial charge in [0.05, 0.1) is 13.7 Å². The number of aromatic nitrogens is 2. The van der Waals surface area contributed by atoms with Gasteiger partial charge in [-0.05, 0) is 43.7 Å². The predicted molar refractivity (Wildman–Crippen MR) is 108 cm³/mol. The molecular weight excluding hydrogens is 354 g/mol. The van der Waals surface area contributed by atoms with E-state index in [1.54, 1.807) is 7.11 Å². The highest BCUT2D eigenvalue weighted by Crippen LogP contribution is 2.22. The van der Waals surface area contributed by atoms with Gasteiger partial charge >= 0.3 is 0 Å². The minimum absolute atomic E-state index is 0.640. The summed E-state index contributed by atoms with van der Waals surface area (Å²) in [4.78, 5) is 12.3. The van der Waals surface area contributed by atoms with Gasteiger partial charge in [-0.2, -0.15) is 4.98 Å². The third-order valence-corrected chi connectivity index (χ3v) is 6.10. The Hall–Kier alpha value is -1.96. The molecule has 0 aliphatic carbocycles. The Morgan fingerprint density at radius 1 is 1.00 bits per heavy atom. The molecule has 0 amide bonds. The number of hydrogen-bond acceptors (Lipinski definition) is 7. The van der Waals surface area contributed by atoms with Crippen LogP contribution in [-0.2, 0) is 6.54 Å². The lowest BCUT2D eigenvalue weighted by atomic mass is 10.0. The van der Waals surface area contributed by atoms with E-state index in [1.165, 1.54) is 45.6 Å². The first kappa shape index (κ1) is 19.4. The van der Waals surface area contributed by atoms with Gasteiger partial charge in [-0.15, -0.1) is 0 Å². The normalized spacial score (nSPS) is 20.5. The van der Waals surface area contributed by atoms with Crippen LogP contribution in [0.3, 0.4) is 0 Å². The van der Waals surface area contributed by atoms with Crippen LogP contribution in [0.5, 0.6) is 5.75 Å². The summed E-state index contributed by atoms with van der Waals surface area (Å²) >= 11 is 0. The van der Waals surface area contributed by atoms with E-state index in [2.05, 4.69) is 31.8 Å². The van der Waals surface area contributed by atoms with Gasteiger partial charge < -0.3 is 14.2 Å². The second-order valence-corrected chi connectivity index (χ2v) is 7.72. The molecule has 0 unspecified atom stereocenters. The quantitative estimate of drug-likeness (QED) is 0.756. The van der Waals surface area contributed by atoms with Crippen LogP contribution in [0.2, 0.25) is 0 Å². The van der Waals surface area contributed by atoms with Crippen molar-refractivity contribution in [3.63, 3.8) is 0 Å². The smallest absolute Gasteiger partial charge is 0.241 e. The van der Waals surface area contributed by atoms with E-state index < -0.39 is 0 Å². The topological polar surface area (TPSA) is 57.9 Å². The Morgan fingerprint density at radius 2 is 1.71 bits per heavy atom. The summed E-state index contributed by atoms with van der Waals surface area (Å²) < 4.78 is 10.7. The summed E-state index contributed by atoms with van der Waals surface area (Å²) in [5.74, 6) is 2.16. The van der Waals surface area contributed by atoms with Gasteiger partial charge in [0.15, 0.2) is 0 Å². The molecule has 0 atom stereocenters. The second-order valence-electron chi connectivity index (χ2n) is 7.72. The van der Waals surface area contributed by atoms with Gasteiger partial charge in [0.25, 0.3) is 0 Å². The number of likely N-dealkylation sites (tertiary alicyclic amines) is 1. The van der Waals surface area contributed by atoms with E-state index in [0.717, 1.165) is 37.0 Å². The molecule has 4 rings (SSSR count). The summed E-state index contributed by atoms with van der Waals surface area (Å²) in [5.41, 5.74) is 0.945. The van der Waals surface area contributed by atoms with E-state index in [1.807, 2.05) is 24.3 Å². The molecule has 0 N–H and O–H groups in total. The van der Waals surface area contributed by atoms with Gasteiger partial charge in [-0.25, -0.2) is 0 Å². The van der Waals surface area contributed by atoms with E-state index in [4.69, 9.17) is 9.26 Å². The number of hydrogen-bond donors (Lipinski definition) is 0. The average molecular weight is 386 g/mol. The van der Waals surface area contributed by atoms with Gasteiger partial charge in [0.2, 0.25) is 11.7 Å². The van der Waals surface area contributed by atoms with Crippen LogP contribution in [0.25, 0.3) is 11.4 Å². The maximum Gasteiger partial charge on any atom is 0.241 e. The number of rotatable bonds is 6. The molecule has 0 bridgehead atoms. The van der Waals surface area contributed by atoms with E-state index >= 15 is 0 Å². The average Bonchev–Trinajstić information content (AvgIpc) is 3.23. The molecule has 0 radical (unpaired) electrons. The number of likely N-dealkylation sites (N-methyl/N-ethyl adjacent to an activating group) is 1. The molecule has 2 aliphatic rings. The van der Waals surface area contributed by atoms with Crippen molar-refractivity contribution in [2.45, 2.75) is 32.4 Å². The van der Waals surface area contributed by atoms with E-state index in [-0.39, 0.29) is 0 Å². The molecule has 1 aromatic carbocycles. The highest BCUT2D eigenvalue weighted by molar-refractivity contribution is 5.55. The summed E-state index contributed by atoms with van der Waals surface area (Å²) in [6.07, 6.45) is 2.46. The maximum atomic E-state index is 5.50. The molecule has 2 fully saturated rings. The van der Waals surface area contributed by atoms with Crippen molar-refractivity contribution in [1.29, 1.82) is 0 Å². The molecule has 0 saturated carbocycles. The highest BCUT2D eigenvalue weighted by atomic mass is 16.5. The molecule has 3 heterocycles. The molecule has 2 aliphatic heterocycles. The lowest BCUT2D eigenvalue weighted by Gasteiger charge is -2.42. The van der Waals surface area contributed by atoms with Crippen LogP contribution in [0.1, 0.15) is 25.7 Å². The Balaban J connectivity index is 1.26. The van der Waals surface area contributed by atoms with Crippen molar-refractivity contribution in [2.24, 2.45) is 0 Å². The van der Waals surface area contributed by atoms with E-state index in [0.29, 0.717) is 11.7 Å². The Kier molecular flexibility index (Phi) is 6.24. The van der Waals surface area contributed by atoms with Crippen LogP contribution in [-0.4, -0.2) is 83.8 Å². The predicted octanol–water partition coefficient (Wildman–Crippen LogP) is 2.35. The van der Waals surface area contributed by atoms with Crippen molar-refractivity contribution in [2.75, 3.05) is 52.9 Å². The SMILES string of the molecule is CCN1CCN(C2CCN(Cc3nc(-c4ccc(OC)cc4)no3)CC2)CC1. The fourth-order valence-electron chi connectivity index (χ4n) is 4.26. The number of piperazine rings is 1. The van der Waals surface area contributed by atoms with E-state index in [9.17, 15) is 0 Å². The van der Waals surface area contributed by atoms with Gasteiger partial charge in [0.1, 0.15) is 5.75 Å². The summed E-state index contributed by atoms with van der Waals surface area (Å²) in [6.45, 7) is 11.2. The number of methoxy groups -OCH3 is 1. The first-order valence-corrected chi connectivity index (χ1v) is 10.4. The number of benzene rings is 1. The van der Waals surface area contributed by atoms with Crippen LogP contribution in [0, 0.1) is 0 Å². The molecule has 2 aromatic rings. The zero-order chi connectivity index (χ0) is 19.3. The molecule has 28 heavy (non-hydrogen) atoms. The summed E-state index contributed by atoms with van der Waals surface area (Å²) in [5, 5.41) is 4.14. The Morgan fingerprint density at radius 3 is 2.36 bits per heavy atom. The van der Waals surface area contributed by atoms with Gasteiger partial charge in [0, 0.05) is 50.9 Å². The minimum atomic E-state index is 0.640. The van der Waals surface area contributed by atoms with Crippen molar-refractivity contribution in [3.8, 4) is 17.1 Å². The molecular formula is C21H31N5O2. The van der Waals surface area contributed by atoms with Crippen molar-refractivity contribution >= 4 is 0 Å². The van der Waals surface area contributed by atoms with Crippen LogP contribution in [0.15, 0.2) is 28.8 Å². The minimum Gasteiger partial charge on any atom is -0.497 e. The molecule has 1 aromatic heterocycles. The standard InChI is InChI=1S/C21H31N5O2/c1-3-24-12-14-26(15-13-24)18-8-10-25(11-9-18)16-20-22-21(23-28-20)17-4-6-19(27-2)7-5-17/h4-7,18H,3,8-16H2,1-2H3. The summed E-state index contributed by atoms with van der Waals surface area (Å²) in [6, 6.07) is 8.47. The molecule has 7 nitrogen and oxygen atoms in total. The van der Waals surface area contributed by atoms with Crippen molar-refractivity contribution in [1.82, 2.24) is 24.8 Å². The third kappa shape index (κ3) is 4.54. The van der Waals surface area contributed by atoms with Gasteiger partial charge in [-0.1, -0.05) is 12.1 Å². The highest BCUT2D eigenvalue weighted by Gasteiger charge is 2.27. The second kappa shape index (κ2) is 9.03. The summed E-state index contributed by atoms with van der Waals surface area (Å²) in [7, 11) is 1.66. The zero-order valence-corrected chi connectivity index (χ0v) is 17.0. The molecule has 0 spiro atoms. The van der Waals surface area contributed by atoms with Crippen LogP contribution >= 0.6 is 0 Å².